The fourth-order valence-corrected chi connectivity index (χ4v) is 3.56. The minimum Gasteiger partial charge on any atom is -0.460 e. The van der Waals surface area contributed by atoms with E-state index in [0.29, 0.717) is 22.4 Å². The molecule has 3 aromatic carbocycles. The summed E-state index contributed by atoms with van der Waals surface area (Å²) in [5.74, 6) is -0.560. The van der Waals surface area contributed by atoms with E-state index in [-0.39, 0.29) is 18.9 Å². The molecular weight excluding hydrogens is 397 g/mol. The summed E-state index contributed by atoms with van der Waals surface area (Å²) in [5, 5.41) is 0.929. The van der Waals surface area contributed by atoms with E-state index in [2.05, 4.69) is 4.98 Å². The Kier molecular flexibility index (Phi) is 5.06. The molecule has 1 atom stereocenters. The molecule has 1 aliphatic heterocycles. The Morgan fingerprint density at radius 2 is 1.84 bits per heavy atom. The lowest BCUT2D eigenvalue weighted by atomic mass is 10.1. The Hall–Kier alpha value is -3.77. The molecule has 6 heteroatoms. The number of pyridine rings is 1. The summed E-state index contributed by atoms with van der Waals surface area (Å²) in [6, 6.07) is 23.1. The Morgan fingerprint density at radius 1 is 1.03 bits per heavy atom. The van der Waals surface area contributed by atoms with Crippen molar-refractivity contribution in [2.45, 2.75) is 19.5 Å². The minimum atomic E-state index is -0.615. The van der Waals surface area contributed by atoms with Crippen LogP contribution in [0.25, 0.3) is 10.9 Å². The van der Waals surface area contributed by atoms with Crippen LogP contribution in [0, 0.1) is 5.82 Å². The van der Waals surface area contributed by atoms with E-state index in [0.717, 1.165) is 10.9 Å². The van der Waals surface area contributed by atoms with Crippen molar-refractivity contribution in [2.75, 3.05) is 0 Å². The van der Waals surface area contributed by atoms with Gasteiger partial charge in [-0.3, -0.25) is 0 Å². The van der Waals surface area contributed by atoms with Crippen LogP contribution in [0.5, 0.6) is 5.75 Å². The molecule has 4 aromatic rings. The van der Waals surface area contributed by atoms with Crippen molar-refractivity contribution in [1.82, 2.24) is 4.98 Å². The van der Waals surface area contributed by atoms with Gasteiger partial charge in [0.2, 0.25) is 6.29 Å². The summed E-state index contributed by atoms with van der Waals surface area (Å²) in [5.41, 5.74) is 2.75. The smallest absolute Gasteiger partial charge is 0.357 e. The SMILES string of the molecule is O=C(OCc1cc(F)cc2c1OC(c1ccccc1)OC2)c1ccc2ccccc2n1. The van der Waals surface area contributed by atoms with E-state index >= 15 is 0 Å². The molecule has 5 rings (SSSR count). The maximum absolute atomic E-state index is 14.1. The number of ether oxygens (including phenoxy) is 3. The number of carbonyl (C=O) groups is 1. The van der Waals surface area contributed by atoms with Crippen LogP contribution in [0.1, 0.15) is 33.5 Å². The van der Waals surface area contributed by atoms with Crippen molar-refractivity contribution < 1.29 is 23.4 Å². The van der Waals surface area contributed by atoms with Crippen molar-refractivity contribution in [1.29, 1.82) is 0 Å². The summed E-state index contributed by atoms with van der Waals surface area (Å²) in [6.45, 7) is 0.0504. The van der Waals surface area contributed by atoms with Gasteiger partial charge in [0.05, 0.1) is 12.1 Å². The lowest BCUT2D eigenvalue weighted by Crippen LogP contribution is -2.20. The minimum absolute atomic E-state index is 0.144. The zero-order valence-corrected chi connectivity index (χ0v) is 16.5. The molecule has 0 aliphatic carbocycles. The van der Waals surface area contributed by atoms with E-state index in [4.69, 9.17) is 14.2 Å². The van der Waals surface area contributed by atoms with E-state index < -0.39 is 18.1 Å². The van der Waals surface area contributed by atoms with E-state index in [9.17, 15) is 9.18 Å². The number of hydrogen-bond acceptors (Lipinski definition) is 5. The van der Waals surface area contributed by atoms with Crippen molar-refractivity contribution in [2.24, 2.45) is 0 Å². The molecule has 0 radical (unpaired) electrons. The van der Waals surface area contributed by atoms with Crippen LogP contribution in [0.4, 0.5) is 4.39 Å². The number of halogens is 1. The van der Waals surface area contributed by atoms with Gasteiger partial charge in [-0.15, -0.1) is 0 Å². The van der Waals surface area contributed by atoms with Gasteiger partial charge in [-0.05, 0) is 24.3 Å². The highest BCUT2D eigenvalue weighted by Crippen LogP contribution is 2.36. The quantitative estimate of drug-likeness (QED) is 0.421. The molecule has 154 valence electrons. The molecule has 1 unspecified atom stereocenters. The number of benzene rings is 3. The zero-order valence-electron chi connectivity index (χ0n) is 16.5. The molecule has 31 heavy (non-hydrogen) atoms. The van der Waals surface area contributed by atoms with Crippen LogP contribution in [0.15, 0.2) is 78.9 Å². The molecule has 1 aromatic heterocycles. The number of nitrogens with zero attached hydrogens (tertiary/aromatic N) is 1. The summed E-state index contributed by atoms with van der Waals surface area (Å²) in [4.78, 5) is 16.9. The van der Waals surface area contributed by atoms with Crippen molar-refractivity contribution in [3.8, 4) is 5.75 Å². The molecule has 0 N–H and O–H groups in total. The molecule has 0 fully saturated rings. The average Bonchev–Trinajstić information content (AvgIpc) is 2.82. The molecule has 1 aliphatic rings. The third-order valence-electron chi connectivity index (χ3n) is 5.06. The van der Waals surface area contributed by atoms with E-state index in [1.807, 2.05) is 60.7 Å². The maximum Gasteiger partial charge on any atom is 0.357 e. The molecule has 0 saturated carbocycles. The van der Waals surface area contributed by atoms with Crippen molar-refractivity contribution >= 4 is 16.9 Å². The van der Waals surface area contributed by atoms with Crippen LogP contribution in [0.3, 0.4) is 0 Å². The number of aromatic nitrogens is 1. The van der Waals surface area contributed by atoms with Gasteiger partial charge in [-0.1, -0.05) is 54.6 Å². The van der Waals surface area contributed by atoms with Gasteiger partial charge in [0.1, 0.15) is 23.9 Å². The van der Waals surface area contributed by atoms with Gasteiger partial charge in [0, 0.05) is 22.1 Å². The van der Waals surface area contributed by atoms with E-state index in [1.165, 1.54) is 12.1 Å². The lowest BCUT2D eigenvalue weighted by molar-refractivity contribution is -0.112. The Labute approximate surface area is 178 Å². The van der Waals surface area contributed by atoms with Crippen LogP contribution >= 0.6 is 0 Å². The first-order valence-electron chi connectivity index (χ1n) is 9.85. The molecular formula is C25H18FNO4. The standard InChI is InChI=1S/C25H18FNO4/c26-20-12-18(14-29-24(28)22-11-10-16-6-4-5-9-21(16)27-22)23-19(13-20)15-30-25(31-23)17-7-2-1-3-8-17/h1-13,25H,14-15H2. The molecule has 0 saturated heterocycles. The Bertz CT molecular complexity index is 1260. The van der Waals surface area contributed by atoms with Crippen LogP contribution in [-0.2, 0) is 22.7 Å². The van der Waals surface area contributed by atoms with Gasteiger partial charge in [0.25, 0.3) is 0 Å². The van der Waals surface area contributed by atoms with Crippen LogP contribution in [0.2, 0.25) is 0 Å². The molecule has 5 nitrogen and oxygen atoms in total. The second-order valence-electron chi connectivity index (χ2n) is 7.19. The first-order chi connectivity index (χ1) is 15.2. The van der Waals surface area contributed by atoms with Gasteiger partial charge in [-0.2, -0.15) is 0 Å². The largest absolute Gasteiger partial charge is 0.460 e. The maximum atomic E-state index is 14.1. The predicted molar refractivity (Wildman–Crippen MR) is 112 cm³/mol. The van der Waals surface area contributed by atoms with Crippen molar-refractivity contribution in [3.63, 3.8) is 0 Å². The fourth-order valence-electron chi connectivity index (χ4n) is 3.56. The summed E-state index contributed by atoms with van der Waals surface area (Å²) in [6.07, 6.45) is -0.615. The van der Waals surface area contributed by atoms with E-state index in [1.54, 1.807) is 6.07 Å². The Morgan fingerprint density at radius 3 is 2.71 bits per heavy atom. The van der Waals surface area contributed by atoms with Gasteiger partial charge >= 0.3 is 5.97 Å². The first kappa shape index (κ1) is 19.2. The Balaban J connectivity index is 1.37. The number of hydrogen-bond donors (Lipinski definition) is 0. The summed E-state index contributed by atoms with van der Waals surface area (Å²) < 4.78 is 31.3. The molecule has 2 heterocycles. The summed E-state index contributed by atoms with van der Waals surface area (Å²) in [7, 11) is 0. The highest BCUT2D eigenvalue weighted by molar-refractivity contribution is 5.91. The molecule has 0 spiro atoms. The monoisotopic (exact) mass is 415 g/mol. The zero-order chi connectivity index (χ0) is 21.2. The third kappa shape index (κ3) is 3.98. The molecule has 0 amide bonds. The molecule has 0 bridgehead atoms. The number of rotatable bonds is 4. The van der Waals surface area contributed by atoms with Crippen LogP contribution in [-0.4, -0.2) is 11.0 Å². The number of carbonyl (C=O) groups excluding carboxylic acids is 1. The van der Waals surface area contributed by atoms with Gasteiger partial charge in [0.15, 0.2) is 0 Å². The van der Waals surface area contributed by atoms with Gasteiger partial charge < -0.3 is 14.2 Å². The second kappa shape index (κ2) is 8.16. The normalized spacial score (nSPS) is 15.2. The first-order valence-corrected chi connectivity index (χ1v) is 9.85. The third-order valence-corrected chi connectivity index (χ3v) is 5.06. The highest BCUT2D eigenvalue weighted by Gasteiger charge is 2.25. The summed E-state index contributed by atoms with van der Waals surface area (Å²) >= 11 is 0. The predicted octanol–water partition coefficient (Wildman–Crippen LogP) is 5.34. The van der Waals surface area contributed by atoms with Crippen LogP contribution < -0.4 is 4.74 Å². The number of para-hydroxylation sites is 1. The topological polar surface area (TPSA) is 57.7 Å². The van der Waals surface area contributed by atoms with Gasteiger partial charge in [-0.25, -0.2) is 14.2 Å². The number of esters is 1. The average molecular weight is 415 g/mol. The second-order valence-corrected chi connectivity index (χ2v) is 7.19. The fraction of sp³-hybridized carbons (Fsp3) is 0.120. The highest BCUT2D eigenvalue weighted by atomic mass is 19.1. The lowest BCUT2D eigenvalue weighted by Gasteiger charge is -2.28. The van der Waals surface area contributed by atoms with Crippen molar-refractivity contribution in [3.05, 3.63) is 107 Å². The number of fused-ring (bicyclic) bond motifs is 2.